The highest BCUT2D eigenvalue weighted by Crippen LogP contribution is 2.16. The van der Waals surface area contributed by atoms with Gasteiger partial charge in [0.15, 0.2) is 0 Å². The molecule has 0 N–H and O–H groups in total. The smallest absolute Gasteiger partial charge is 0.0228 e. The van der Waals surface area contributed by atoms with Crippen molar-refractivity contribution in [1.82, 2.24) is 0 Å². The molecular formula is C14H22. The van der Waals surface area contributed by atoms with Crippen molar-refractivity contribution in [3.8, 4) is 0 Å². The SMILES string of the molecule is CC(C)=C(C)c1ccccc1.CCC. The van der Waals surface area contributed by atoms with Gasteiger partial charge in [-0.3, -0.25) is 0 Å². The highest BCUT2D eigenvalue weighted by atomic mass is 14.0. The van der Waals surface area contributed by atoms with Crippen molar-refractivity contribution >= 4 is 5.57 Å². The summed E-state index contributed by atoms with van der Waals surface area (Å²) in [6.07, 6.45) is 1.25. The standard InChI is InChI=1S/C11H14.C3H8/c1-9(2)10(3)11-7-5-4-6-8-11;1-3-2/h4-8H,1-3H3;3H2,1-2H3. The molecule has 0 bridgehead atoms. The highest BCUT2D eigenvalue weighted by Gasteiger charge is 1.93. The molecule has 0 aliphatic rings. The third-order valence-electron chi connectivity index (χ3n) is 1.96. The summed E-state index contributed by atoms with van der Waals surface area (Å²) in [5.74, 6) is 0. The third kappa shape index (κ3) is 4.86. The summed E-state index contributed by atoms with van der Waals surface area (Å²) in [5.41, 5.74) is 4.09. The molecule has 0 amide bonds. The number of hydrogen-bond donors (Lipinski definition) is 0. The van der Waals surface area contributed by atoms with Gasteiger partial charge in [-0.25, -0.2) is 0 Å². The Hall–Kier alpha value is -1.04. The first-order valence-electron chi connectivity index (χ1n) is 5.32. The summed E-state index contributed by atoms with van der Waals surface area (Å²) >= 11 is 0. The van der Waals surface area contributed by atoms with Crippen LogP contribution in [0.5, 0.6) is 0 Å². The zero-order chi connectivity index (χ0) is 11.0. The molecule has 1 aromatic carbocycles. The van der Waals surface area contributed by atoms with Gasteiger partial charge in [-0.15, -0.1) is 0 Å². The zero-order valence-electron chi connectivity index (χ0n) is 10.1. The summed E-state index contributed by atoms with van der Waals surface area (Å²) in [4.78, 5) is 0. The molecule has 0 heterocycles. The van der Waals surface area contributed by atoms with Crippen molar-refractivity contribution in [3.05, 3.63) is 41.5 Å². The number of hydrogen-bond acceptors (Lipinski definition) is 0. The van der Waals surface area contributed by atoms with Crippen LogP contribution < -0.4 is 0 Å². The lowest BCUT2D eigenvalue weighted by Crippen LogP contribution is -1.79. The number of benzene rings is 1. The maximum absolute atomic E-state index is 2.16. The molecule has 0 nitrogen and oxygen atoms in total. The van der Waals surface area contributed by atoms with Crippen LogP contribution in [0.1, 0.15) is 46.6 Å². The lowest BCUT2D eigenvalue weighted by atomic mass is 10.0. The van der Waals surface area contributed by atoms with Crippen molar-refractivity contribution in [3.63, 3.8) is 0 Å². The van der Waals surface area contributed by atoms with Gasteiger partial charge in [-0.1, -0.05) is 56.2 Å². The Morgan fingerprint density at radius 3 is 1.71 bits per heavy atom. The molecule has 0 aromatic heterocycles. The van der Waals surface area contributed by atoms with E-state index in [1.807, 2.05) is 6.07 Å². The van der Waals surface area contributed by atoms with Gasteiger partial charge in [0.2, 0.25) is 0 Å². The predicted molar refractivity (Wildman–Crippen MR) is 66.3 cm³/mol. The first kappa shape index (κ1) is 13.0. The molecule has 0 spiro atoms. The Bertz CT molecular complexity index is 263. The van der Waals surface area contributed by atoms with E-state index in [1.165, 1.54) is 23.1 Å². The summed E-state index contributed by atoms with van der Waals surface area (Å²) in [6.45, 7) is 10.7. The largest absolute Gasteiger partial charge is 0.0729 e. The van der Waals surface area contributed by atoms with Gasteiger partial charge in [0, 0.05) is 0 Å². The Morgan fingerprint density at radius 2 is 1.36 bits per heavy atom. The first-order chi connectivity index (χ1) is 6.63. The van der Waals surface area contributed by atoms with E-state index in [2.05, 4.69) is 58.9 Å². The van der Waals surface area contributed by atoms with E-state index in [-0.39, 0.29) is 0 Å². The second-order valence-corrected chi connectivity index (χ2v) is 3.70. The fourth-order valence-corrected chi connectivity index (χ4v) is 0.977. The van der Waals surface area contributed by atoms with Crippen LogP contribution in [0.15, 0.2) is 35.9 Å². The monoisotopic (exact) mass is 190 g/mol. The molecule has 0 aliphatic heterocycles. The van der Waals surface area contributed by atoms with E-state index >= 15 is 0 Å². The molecule has 0 unspecified atom stereocenters. The molecule has 0 saturated carbocycles. The van der Waals surface area contributed by atoms with Crippen LogP contribution in [-0.2, 0) is 0 Å². The minimum atomic E-state index is 1.25. The molecule has 14 heavy (non-hydrogen) atoms. The Balaban J connectivity index is 0.000000500. The number of allylic oxidation sites excluding steroid dienone is 2. The van der Waals surface area contributed by atoms with Gasteiger partial charge in [0.25, 0.3) is 0 Å². The van der Waals surface area contributed by atoms with Gasteiger partial charge < -0.3 is 0 Å². The minimum Gasteiger partial charge on any atom is -0.0729 e. The molecule has 78 valence electrons. The zero-order valence-corrected chi connectivity index (χ0v) is 10.1. The minimum absolute atomic E-state index is 1.25. The fraction of sp³-hybridized carbons (Fsp3) is 0.429. The summed E-state index contributed by atoms with van der Waals surface area (Å²) in [5, 5.41) is 0. The molecule has 0 atom stereocenters. The molecule has 1 rings (SSSR count). The summed E-state index contributed by atoms with van der Waals surface area (Å²) in [7, 11) is 0. The van der Waals surface area contributed by atoms with Gasteiger partial charge >= 0.3 is 0 Å². The highest BCUT2D eigenvalue weighted by molar-refractivity contribution is 5.65. The molecular weight excluding hydrogens is 168 g/mol. The average Bonchev–Trinajstić information content (AvgIpc) is 2.19. The predicted octanol–water partition coefficient (Wildman–Crippen LogP) is 4.92. The second kappa shape index (κ2) is 7.37. The second-order valence-electron chi connectivity index (χ2n) is 3.70. The third-order valence-corrected chi connectivity index (χ3v) is 1.96. The molecule has 0 radical (unpaired) electrons. The topological polar surface area (TPSA) is 0 Å². The van der Waals surface area contributed by atoms with Crippen LogP contribution in [0.25, 0.3) is 5.57 Å². The Kier molecular flexibility index (Phi) is 6.82. The van der Waals surface area contributed by atoms with Crippen molar-refractivity contribution in [2.75, 3.05) is 0 Å². The van der Waals surface area contributed by atoms with Crippen LogP contribution >= 0.6 is 0 Å². The molecule has 0 saturated heterocycles. The van der Waals surface area contributed by atoms with Crippen molar-refractivity contribution < 1.29 is 0 Å². The fourth-order valence-electron chi connectivity index (χ4n) is 0.977. The van der Waals surface area contributed by atoms with Crippen LogP contribution in [0, 0.1) is 0 Å². The van der Waals surface area contributed by atoms with Gasteiger partial charge in [0.05, 0.1) is 0 Å². The van der Waals surface area contributed by atoms with E-state index < -0.39 is 0 Å². The van der Waals surface area contributed by atoms with E-state index in [9.17, 15) is 0 Å². The normalized spacial score (nSPS) is 8.64. The van der Waals surface area contributed by atoms with Crippen LogP contribution in [0.4, 0.5) is 0 Å². The van der Waals surface area contributed by atoms with Crippen LogP contribution in [0.3, 0.4) is 0 Å². The lowest BCUT2D eigenvalue weighted by Gasteiger charge is -2.02. The molecule has 0 heteroatoms. The summed E-state index contributed by atoms with van der Waals surface area (Å²) in [6, 6.07) is 10.5. The van der Waals surface area contributed by atoms with Gasteiger partial charge in [-0.05, 0) is 31.9 Å². The Labute approximate surface area is 88.7 Å². The van der Waals surface area contributed by atoms with Crippen molar-refractivity contribution in [1.29, 1.82) is 0 Å². The maximum Gasteiger partial charge on any atom is -0.0228 e. The van der Waals surface area contributed by atoms with Crippen molar-refractivity contribution in [2.45, 2.75) is 41.0 Å². The van der Waals surface area contributed by atoms with Crippen LogP contribution in [-0.4, -0.2) is 0 Å². The molecule has 0 fully saturated rings. The lowest BCUT2D eigenvalue weighted by molar-refractivity contribution is 1.09. The van der Waals surface area contributed by atoms with Crippen LogP contribution in [0.2, 0.25) is 0 Å². The first-order valence-corrected chi connectivity index (χ1v) is 5.32. The van der Waals surface area contributed by atoms with E-state index in [0.29, 0.717) is 0 Å². The van der Waals surface area contributed by atoms with E-state index in [4.69, 9.17) is 0 Å². The summed E-state index contributed by atoms with van der Waals surface area (Å²) < 4.78 is 0. The van der Waals surface area contributed by atoms with Gasteiger partial charge in [-0.2, -0.15) is 0 Å². The number of rotatable bonds is 1. The van der Waals surface area contributed by atoms with Crippen molar-refractivity contribution in [2.24, 2.45) is 0 Å². The average molecular weight is 190 g/mol. The van der Waals surface area contributed by atoms with Gasteiger partial charge in [0.1, 0.15) is 0 Å². The maximum atomic E-state index is 2.16. The molecule has 0 aliphatic carbocycles. The Morgan fingerprint density at radius 1 is 0.929 bits per heavy atom. The molecule has 1 aromatic rings. The van der Waals surface area contributed by atoms with E-state index in [1.54, 1.807) is 0 Å². The van der Waals surface area contributed by atoms with E-state index in [0.717, 1.165) is 0 Å². The quantitative estimate of drug-likeness (QED) is 0.590.